The molecule has 3 atom stereocenters. The minimum atomic E-state index is -0.0741. The fourth-order valence-electron chi connectivity index (χ4n) is 4.25. The third-order valence-electron chi connectivity index (χ3n) is 5.49. The molecule has 4 rings (SSSR count). The van der Waals surface area contributed by atoms with Crippen LogP contribution in [0.4, 0.5) is 5.82 Å². The Balaban J connectivity index is 1.50. The van der Waals surface area contributed by atoms with Gasteiger partial charge in [-0.2, -0.15) is 5.10 Å². The van der Waals surface area contributed by atoms with Gasteiger partial charge in [0.25, 0.3) is 0 Å². The molecule has 2 aromatic rings. The van der Waals surface area contributed by atoms with Crippen molar-refractivity contribution in [3.63, 3.8) is 0 Å². The zero-order valence-corrected chi connectivity index (χ0v) is 14.8. The zero-order chi connectivity index (χ0) is 17.6. The van der Waals surface area contributed by atoms with E-state index in [1.807, 2.05) is 31.0 Å². The Morgan fingerprint density at radius 1 is 1.20 bits per heavy atom. The molecule has 3 heterocycles. The molecule has 0 saturated carbocycles. The van der Waals surface area contributed by atoms with E-state index < -0.39 is 0 Å². The summed E-state index contributed by atoms with van der Waals surface area (Å²) in [5.74, 6) is 1.35. The Bertz CT molecular complexity index is 771. The summed E-state index contributed by atoms with van der Waals surface area (Å²) < 4.78 is 1.79. The first kappa shape index (κ1) is 16.3. The van der Waals surface area contributed by atoms with Crippen molar-refractivity contribution < 1.29 is 4.79 Å². The molecule has 1 aromatic heterocycles. The maximum Gasteiger partial charge on any atom is 0.245 e. The molecule has 25 heavy (non-hydrogen) atoms. The molecule has 6 heteroatoms. The van der Waals surface area contributed by atoms with Gasteiger partial charge in [-0.1, -0.05) is 30.3 Å². The van der Waals surface area contributed by atoms with Gasteiger partial charge in [0.05, 0.1) is 11.7 Å². The van der Waals surface area contributed by atoms with Gasteiger partial charge in [0, 0.05) is 44.7 Å². The molecular formula is C19H25N5O. The number of likely N-dealkylation sites (tertiary alicyclic amines) is 1. The van der Waals surface area contributed by atoms with Crippen LogP contribution in [0.5, 0.6) is 0 Å². The largest absolute Gasteiger partial charge is 0.326 e. The molecule has 2 N–H and O–H groups in total. The lowest BCUT2D eigenvalue weighted by Crippen LogP contribution is -2.42. The predicted octanol–water partition coefficient (Wildman–Crippen LogP) is 1.26. The second kappa shape index (κ2) is 6.28. The van der Waals surface area contributed by atoms with Crippen LogP contribution in [-0.4, -0.2) is 52.3 Å². The van der Waals surface area contributed by atoms with E-state index in [0.717, 1.165) is 37.6 Å². The first-order valence-electron chi connectivity index (χ1n) is 8.91. The molecule has 0 aliphatic carbocycles. The summed E-state index contributed by atoms with van der Waals surface area (Å²) >= 11 is 0. The van der Waals surface area contributed by atoms with Gasteiger partial charge in [-0.25, -0.2) is 0 Å². The fourth-order valence-corrected chi connectivity index (χ4v) is 4.25. The Labute approximate surface area is 148 Å². The monoisotopic (exact) mass is 339 g/mol. The predicted molar refractivity (Wildman–Crippen MR) is 97.4 cm³/mol. The quantitative estimate of drug-likeness (QED) is 0.914. The summed E-state index contributed by atoms with van der Waals surface area (Å²) in [6, 6.07) is 12.4. The highest BCUT2D eigenvalue weighted by molar-refractivity contribution is 5.98. The van der Waals surface area contributed by atoms with Crippen molar-refractivity contribution >= 4 is 11.7 Å². The zero-order valence-electron chi connectivity index (χ0n) is 14.8. The molecule has 0 bridgehead atoms. The molecule has 1 unspecified atom stereocenters. The number of anilines is 1. The summed E-state index contributed by atoms with van der Waals surface area (Å²) in [7, 11) is 1.89. The van der Waals surface area contributed by atoms with Gasteiger partial charge in [0.1, 0.15) is 5.82 Å². The van der Waals surface area contributed by atoms with Crippen LogP contribution >= 0.6 is 0 Å². The Morgan fingerprint density at radius 2 is 1.96 bits per heavy atom. The molecule has 132 valence electrons. The van der Waals surface area contributed by atoms with Crippen molar-refractivity contribution in [2.45, 2.75) is 31.3 Å². The summed E-state index contributed by atoms with van der Waals surface area (Å²) in [6.07, 6.45) is 0.845. The van der Waals surface area contributed by atoms with Crippen LogP contribution in [0.1, 0.15) is 23.6 Å². The van der Waals surface area contributed by atoms with Gasteiger partial charge < -0.3 is 5.73 Å². The lowest BCUT2D eigenvalue weighted by Gasteiger charge is -2.23. The number of nitrogens with two attached hydrogens (primary N) is 1. The number of hydrogen-bond acceptors (Lipinski definition) is 4. The number of carbonyl (C=O) groups excluding carboxylic acids is 1. The van der Waals surface area contributed by atoms with Crippen LogP contribution in [0, 0.1) is 6.92 Å². The van der Waals surface area contributed by atoms with E-state index >= 15 is 0 Å². The second-order valence-corrected chi connectivity index (χ2v) is 7.20. The maximum atomic E-state index is 13.0. The van der Waals surface area contributed by atoms with E-state index in [0.29, 0.717) is 5.92 Å². The van der Waals surface area contributed by atoms with Gasteiger partial charge in [-0.3, -0.25) is 19.3 Å². The Hall–Kier alpha value is -2.18. The first-order valence-corrected chi connectivity index (χ1v) is 8.91. The number of aromatic nitrogens is 2. The third kappa shape index (κ3) is 2.85. The average molecular weight is 339 g/mol. The summed E-state index contributed by atoms with van der Waals surface area (Å²) in [6.45, 7) is 4.31. The van der Waals surface area contributed by atoms with Crippen LogP contribution in [0.15, 0.2) is 36.4 Å². The Kier molecular flexibility index (Phi) is 4.09. The summed E-state index contributed by atoms with van der Waals surface area (Å²) in [5.41, 5.74) is 8.60. The first-order chi connectivity index (χ1) is 12.0. The standard InChI is InChI=1S/C19H25N5O/c1-13-10-18(22(2)21-13)24-9-8-17(19(24)25)23-11-15(16(20)12-23)14-6-4-3-5-7-14/h3-7,10,15-17H,8-9,11-12,20H2,1-2H3/t15-,16+,17?/m0/s1. The highest BCUT2D eigenvalue weighted by Gasteiger charge is 2.42. The van der Waals surface area contributed by atoms with Crippen molar-refractivity contribution in [2.75, 3.05) is 24.5 Å². The number of rotatable bonds is 3. The number of hydrogen-bond donors (Lipinski definition) is 1. The van der Waals surface area contributed by atoms with Crippen molar-refractivity contribution in [2.24, 2.45) is 12.8 Å². The van der Waals surface area contributed by atoms with Crippen LogP contribution < -0.4 is 10.6 Å². The van der Waals surface area contributed by atoms with Crippen LogP contribution in [0.3, 0.4) is 0 Å². The SMILES string of the molecule is Cc1cc(N2CCC(N3C[C@@H](N)[C@H](c4ccccc4)C3)C2=O)n(C)n1. The van der Waals surface area contributed by atoms with Gasteiger partial charge in [0.15, 0.2) is 0 Å². The number of aryl methyl sites for hydroxylation is 2. The van der Waals surface area contributed by atoms with Crippen LogP contribution in [-0.2, 0) is 11.8 Å². The molecule has 2 fully saturated rings. The molecule has 0 radical (unpaired) electrons. The smallest absolute Gasteiger partial charge is 0.245 e. The highest BCUT2D eigenvalue weighted by atomic mass is 16.2. The van der Waals surface area contributed by atoms with Crippen molar-refractivity contribution in [1.82, 2.24) is 14.7 Å². The lowest BCUT2D eigenvalue weighted by atomic mass is 9.95. The van der Waals surface area contributed by atoms with Gasteiger partial charge >= 0.3 is 0 Å². The van der Waals surface area contributed by atoms with Gasteiger partial charge in [-0.15, -0.1) is 0 Å². The van der Waals surface area contributed by atoms with Crippen LogP contribution in [0.2, 0.25) is 0 Å². The molecular weight excluding hydrogens is 314 g/mol. The normalized spacial score (nSPS) is 27.4. The van der Waals surface area contributed by atoms with Crippen molar-refractivity contribution in [1.29, 1.82) is 0 Å². The molecule has 1 aromatic carbocycles. The topological polar surface area (TPSA) is 67.4 Å². The number of carbonyl (C=O) groups is 1. The summed E-state index contributed by atoms with van der Waals surface area (Å²) in [4.78, 5) is 17.1. The van der Waals surface area contributed by atoms with Crippen molar-refractivity contribution in [3.8, 4) is 0 Å². The maximum absolute atomic E-state index is 13.0. The second-order valence-electron chi connectivity index (χ2n) is 7.20. The van der Waals surface area contributed by atoms with E-state index in [1.165, 1.54) is 5.56 Å². The van der Waals surface area contributed by atoms with E-state index in [4.69, 9.17) is 5.73 Å². The fraction of sp³-hybridized carbons (Fsp3) is 0.474. The number of nitrogens with zero attached hydrogens (tertiary/aromatic N) is 4. The van der Waals surface area contributed by atoms with Crippen molar-refractivity contribution in [3.05, 3.63) is 47.7 Å². The molecule has 0 spiro atoms. The average Bonchev–Trinajstić information content (AvgIpc) is 3.25. The van der Waals surface area contributed by atoms with E-state index in [-0.39, 0.29) is 18.0 Å². The molecule has 2 saturated heterocycles. The van der Waals surface area contributed by atoms with Crippen LogP contribution in [0.25, 0.3) is 0 Å². The number of benzene rings is 1. The van der Waals surface area contributed by atoms with Gasteiger partial charge in [-0.05, 0) is 18.9 Å². The molecule has 2 aliphatic rings. The molecule has 2 aliphatic heterocycles. The Morgan fingerprint density at radius 3 is 2.64 bits per heavy atom. The van der Waals surface area contributed by atoms with Gasteiger partial charge in [0.2, 0.25) is 5.91 Å². The van der Waals surface area contributed by atoms with E-state index in [1.54, 1.807) is 4.68 Å². The van der Waals surface area contributed by atoms with E-state index in [2.05, 4.69) is 34.3 Å². The third-order valence-corrected chi connectivity index (χ3v) is 5.49. The van der Waals surface area contributed by atoms with E-state index in [9.17, 15) is 4.79 Å². The minimum absolute atomic E-state index is 0.0724. The summed E-state index contributed by atoms with van der Waals surface area (Å²) in [5, 5.41) is 4.37. The molecule has 6 nitrogen and oxygen atoms in total. The molecule has 1 amide bonds. The number of amides is 1. The highest BCUT2D eigenvalue weighted by Crippen LogP contribution is 2.32. The lowest BCUT2D eigenvalue weighted by molar-refractivity contribution is -0.121. The minimum Gasteiger partial charge on any atom is -0.326 e.